The zero-order valence-electron chi connectivity index (χ0n) is 14.1. The van der Waals surface area contributed by atoms with Crippen molar-refractivity contribution in [1.82, 2.24) is 0 Å². The lowest BCUT2D eigenvalue weighted by Crippen LogP contribution is -2.59. The van der Waals surface area contributed by atoms with Crippen LogP contribution in [0.3, 0.4) is 0 Å². The molecule has 0 aliphatic heterocycles. The van der Waals surface area contributed by atoms with Crippen molar-refractivity contribution < 1.29 is 36.6 Å². The molecule has 3 rings (SSSR count). The van der Waals surface area contributed by atoms with Crippen molar-refractivity contribution in [3.05, 3.63) is 0 Å². The minimum absolute atomic E-state index is 0.0754. The van der Waals surface area contributed by atoms with Crippen LogP contribution in [0.15, 0.2) is 0 Å². The van der Waals surface area contributed by atoms with Crippen molar-refractivity contribution in [2.75, 3.05) is 0 Å². The van der Waals surface area contributed by atoms with E-state index in [0.29, 0.717) is 25.7 Å². The second kappa shape index (κ2) is 5.50. The summed E-state index contributed by atoms with van der Waals surface area (Å²) in [6.07, 6.45) is -9.63. The van der Waals surface area contributed by atoms with Crippen LogP contribution in [-0.2, 0) is 0 Å². The lowest BCUT2D eigenvalue weighted by atomic mass is 9.59. The molecule has 0 heterocycles. The van der Waals surface area contributed by atoms with E-state index < -0.39 is 41.3 Å². The fourth-order valence-electron chi connectivity index (χ4n) is 5.83. The molecule has 0 aromatic carbocycles. The van der Waals surface area contributed by atoms with E-state index in [9.17, 15) is 36.6 Å². The van der Waals surface area contributed by atoms with Crippen LogP contribution in [0.25, 0.3) is 0 Å². The van der Waals surface area contributed by atoms with Gasteiger partial charge < -0.3 is 10.2 Å². The number of aliphatic hydroxyl groups is 2. The van der Waals surface area contributed by atoms with Gasteiger partial charge in [0, 0.05) is 6.42 Å². The van der Waals surface area contributed by atoms with Crippen LogP contribution < -0.4 is 0 Å². The maximum Gasteiger partial charge on any atom is 0.426 e. The largest absolute Gasteiger partial charge is 0.426 e. The lowest BCUT2D eigenvalue weighted by Gasteiger charge is -2.47. The van der Waals surface area contributed by atoms with E-state index in [-0.39, 0.29) is 24.7 Å². The van der Waals surface area contributed by atoms with Crippen molar-refractivity contribution >= 4 is 0 Å². The highest BCUT2D eigenvalue weighted by molar-refractivity contribution is 5.14. The molecule has 0 aromatic heterocycles. The maximum absolute atomic E-state index is 13.1. The Morgan fingerprint density at radius 3 is 1.96 bits per heavy atom. The average Bonchev–Trinajstić information content (AvgIpc) is 3.10. The smallest absolute Gasteiger partial charge is 0.393 e. The summed E-state index contributed by atoms with van der Waals surface area (Å²) in [5.41, 5.74) is -6.26. The summed E-state index contributed by atoms with van der Waals surface area (Å²) in [5, 5.41) is 19.9. The number of fused-ring (bicyclic) bond motifs is 1. The van der Waals surface area contributed by atoms with Gasteiger partial charge in [0.1, 0.15) is 0 Å². The first-order chi connectivity index (χ1) is 11.3. The van der Waals surface area contributed by atoms with Gasteiger partial charge in [-0.2, -0.15) is 26.3 Å². The Labute approximate surface area is 142 Å². The third-order valence-electron chi connectivity index (χ3n) is 7.27. The molecular formula is C17H24F6O2. The Bertz CT molecular complexity index is 510. The molecular weight excluding hydrogens is 350 g/mol. The van der Waals surface area contributed by atoms with Gasteiger partial charge in [-0.1, -0.05) is 13.3 Å². The van der Waals surface area contributed by atoms with E-state index in [4.69, 9.17) is 0 Å². The van der Waals surface area contributed by atoms with Gasteiger partial charge in [0.05, 0.1) is 6.10 Å². The molecule has 0 saturated heterocycles. The van der Waals surface area contributed by atoms with Crippen molar-refractivity contribution in [2.24, 2.45) is 22.7 Å². The van der Waals surface area contributed by atoms with Crippen LogP contribution >= 0.6 is 0 Å². The molecule has 0 spiro atoms. The fraction of sp³-hybridized carbons (Fsp3) is 1.00. The van der Waals surface area contributed by atoms with Crippen LogP contribution in [0.2, 0.25) is 0 Å². The predicted octanol–water partition coefficient (Wildman–Crippen LogP) is 4.59. The first kappa shape index (κ1) is 19.3. The first-order valence-corrected chi connectivity index (χ1v) is 8.81. The van der Waals surface area contributed by atoms with Gasteiger partial charge in [-0.15, -0.1) is 0 Å². The van der Waals surface area contributed by atoms with E-state index in [1.54, 1.807) is 0 Å². The molecule has 0 bridgehead atoms. The van der Waals surface area contributed by atoms with E-state index in [2.05, 4.69) is 0 Å². The van der Waals surface area contributed by atoms with Gasteiger partial charge in [-0.3, -0.25) is 0 Å². The second-order valence-corrected chi connectivity index (χ2v) is 8.60. The molecule has 2 unspecified atom stereocenters. The van der Waals surface area contributed by atoms with Crippen LogP contribution in [-0.4, -0.2) is 34.3 Å². The molecule has 0 radical (unpaired) electrons. The highest BCUT2D eigenvalue weighted by atomic mass is 19.4. The number of aliphatic hydroxyl groups excluding tert-OH is 1. The van der Waals surface area contributed by atoms with Gasteiger partial charge in [0.2, 0.25) is 0 Å². The summed E-state index contributed by atoms with van der Waals surface area (Å²) >= 11 is 0. The van der Waals surface area contributed by atoms with E-state index in [1.807, 2.05) is 6.92 Å². The summed E-state index contributed by atoms with van der Waals surface area (Å²) in [6.45, 7) is 1.90. The van der Waals surface area contributed by atoms with Crippen molar-refractivity contribution in [3.63, 3.8) is 0 Å². The molecule has 3 aliphatic rings. The Morgan fingerprint density at radius 1 is 0.920 bits per heavy atom. The van der Waals surface area contributed by atoms with E-state index in [1.165, 1.54) is 0 Å². The first-order valence-electron chi connectivity index (χ1n) is 8.81. The van der Waals surface area contributed by atoms with E-state index in [0.717, 1.165) is 6.42 Å². The molecule has 4 atom stereocenters. The standard InChI is InChI=1S/C17H24F6O2/c1-13-6-2-3-11(24)10(13)4-5-12(13)14(7-8-14)9-15(25,16(18,19)20)17(21,22)23/h10-12,24-25H,2-9H2,1H3/t10?,11-,12?,13-/m0/s1. The lowest BCUT2D eigenvalue weighted by molar-refractivity contribution is -0.375. The maximum atomic E-state index is 13.1. The minimum atomic E-state index is -5.76. The van der Waals surface area contributed by atoms with Crippen LogP contribution in [0.4, 0.5) is 26.3 Å². The number of rotatable bonds is 3. The highest BCUT2D eigenvalue weighted by Gasteiger charge is 2.75. The SMILES string of the molecule is C[C@]12CCC[C@H](O)C1CCC2C1(CC(O)(C(F)(F)F)C(F)(F)F)CC1. The van der Waals surface area contributed by atoms with Crippen molar-refractivity contribution in [1.29, 1.82) is 0 Å². The molecule has 8 heteroatoms. The fourth-order valence-corrected chi connectivity index (χ4v) is 5.83. The highest BCUT2D eigenvalue weighted by Crippen LogP contribution is 2.71. The van der Waals surface area contributed by atoms with Gasteiger partial charge in [-0.25, -0.2) is 0 Å². The predicted molar refractivity (Wildman–Crippen MR) is 77.5 cm³/mol. The van der Waals surface area contributed by atoms with Gasteiger partial charge in [-0.05, 0) is 61.2 Å². The topological polar surface area (TPSA) is 40.5 Å². The number of halogens is 6. The zero-order chi connectivity index (χ0) is 18.9. The normalized spacial score (nSPS) is 38.5. The molecule has 3 fully saturated rings. The van der Waals surface area contributed by atoms with Crippen LogP contribution in [0, 0.1) is 22.7 Å². The Kier molecular flexibility index (Phi) is 4.24. The summed E-state index contributed by atoms with van der Waals surface area (Å²) in [7, 11) is 0. The number of alkyl halides is 6. The quantitative estimate of drug-likeness (QED) is 0.710. The van der Waals surface area contributed by atoms with Crippen LogP contribution in [0.5, 0.6) is 0 Å². The van der Waals surface area contributed by atoms with E-state index >= 15 is 0 Å². The molecule has 3 saturated carbocycles. The summed E-state index contributed by atoms with van der Waals surface area (Å²) in [5.74, 6) is -0.398. The molecule has 3 aliphatic carbocycles. The number of hydrogen-bond donors (Lipinski definition) is 2. The third-order valence-corrected chi connectivity index (χ3v) is 7.27. The summed E-state index contributed by atoms with van der Waals surface area (Å²) in [6, 6.07) is 0. The molecule has 2 N–H and O–H groups in total. The van der Waals surface area contributed by atoms with Gasteiger partial charge in [0.25, 0.3) is 5.60 Å². The molecule has 2 nitrogen and oxygen atoms in total. The third kappa shape index (κ3) is 2.78. The summed E-state index contributed by atoms with van der Waals surface area (Å²) < 4.78 is 78.8. The minimum Gasteiger partial charge on any atom is -0.393 e. The number of hydrogen-bond acceptors (Lipinski definition) is 2. The zero-order valence-corrected chi connectivity index (χ0v) is 14.1. The van der Waals surface area contributed by atoms with Gasteiger partial charge in [0.15, 0.2) is 0 Å². The van der Waals surface area contributed by atoms with Crippen molar-refractivity contribution in [2.45, 2.75) is 82.3 Å². The molecule has 146 valence electrons. The second-order valence-electron chi connectivity index (χ2n) is 8.60. The molecule has 25 heavy (non-hydrogen) atoms. The summed E-state index contributed by atoms with van der Waals surface area (Å²) in [4.78, 5) is 0. The molecule has 0 amide bonds. The Balaban J connectivity index is 1.90. The van der Waals surface area contributed by atoms with Crippen LogP contribution in [0.1, 0.15) is 58.3 Å². The monoisotopic (exact) mass is 374 g/mol. The Hall–Kier alpha value is -0.500. The average molecular weight is 374 g/mol. The van der Waals surface area contributed by atoms with Crippen molar-refractivity contribution in [3.8, 4) is 0 Å². The van der Waals surface area contributed by atoms with Gasteiger partial charge >= 0.3 is 12.4 Å². The Morgan fingerprint density at radius 2 is 1.48 bits per heavy atom. The molecule has 0 aromatic rings.